The Kier molecular flexibility index (Phi) is 8.17. The Morgan fingerprint density at radius 3 is 1.62 bits per heavy atom. The van der Waals surface area contributed by atoms with Crippen LogP contribution in [-0.2, 0) is 16.2 Å². The quantitative estimate of drug-likeness (QED) is 0.165. The normalized spacial score (nSPS) is 14.3. The number of aromatic nitrogens is 1. The number of nitrogens with zero attached hydrogens (tertiary/aromatic N) is 2. The fourth-order valence-electron chi connectivity index (χ4n) is 11.0. The van der Waals surface area contributed by atoms with Gasteiger partial charge in [-0.15, -0.1) is 0 Å². The molecule has 0 fully saturated rings. The Morgan fingerprint density at radius 2 is 1.03 bits per heavy atom. The van der Waals surface area contributed by atoms with Crippen LogP contribution < -0.4 is 30.8 Å². The zero-order valence-corrected chi connectivity index (χ0v) is 37.9. The molecule has 0 atom stereocenters. The molecule has 5 heteroatoms. The van der Waals surface area contributed by atoms with Crippen molar-refractivity contribution in [3.8, 4) is 39.8 Å². The third kappa shape index (κ3) is 5.62. The summed E-state index contributed by atoms with van der Waals surface area (Å²) in [4.78, 5) is 2.36. The minimum absolute atomic E-state index is 0.0454. The zero-order valence-electron chi connectivity index (χ0n) is 37.9. The number of benzene rings is 8. The zero-order chi connectivity index (χ0) is 43.9. The molecule has 1 aliphatic carbocycles. The molecule has 3 heterocycles. The van der Waals surface area contributed by atoms with Crippen molar-refractivity contribution < 1.29 is 9.47 Å². The van der Waals surface area contributed by atoms with Gasteiger partial charge in [0.05, 0.1) is 16.7 Å². The predicted molar refractivity (Wildman–Crippen MR) is 268 cm³/mol. The molecule has 2 aliphatic heterocycles. The molecular weight excluding hydrogens is 779 g/mol. The van der Waals surface area contributed by atoms with E-state index in [1.165, 1.54) is 60.6 Å². The molecule has 0 unspecified atom stereocenters. The average molecular weight is 831 g/mol. The van der Waals surface area contributed by atoms with E-state index in [0.29, 0.717) is 0 Å². The number of rotatable bonds is 4. The maximum absolute atomic E-state index is 7.15. The van der Waals surface area contributed by atoms with E-state index < -0.39 is 0 Å². The molecule has 0 saturated carbocycles. The van der Waals surface area contributed by atoms with Crippen LogP contribution in [0.1, 0.15) is 77.6 Å². The second-order valence-corrected chi connectivity index (χ2v) is 20.6. The van der Waals surface area contributed by atoms with Crippen LogP contribution in [0.2, 0.25) is 0 Å². The lowest BCUT2D eigenvalue weighted by molar-refractivity contribution is 0.464. The van der Waals surface area contributed by atoms with E-state index in [1.54, 1.807) is 0 Å². The predicted octanol–water partition coefficient (Wildman–Crippen LogP) is 13.9. The van der Waals surface area contributed by atoms with E-state index in [4.69, 9.17) is 9.47 Å². The van der Waals surface area contributed by atoms with E-state index >= 15 is 0 Å². The highest BCUT2D eigenvalue weighted by Crippen LogP contribution is 2.54. The Hall–Kier alpha value is -6.98. The maximum Gasteiger partial charge on any atom is 0.261 e. The van der Waals surface area contributed by atoms with E-state index in [9.17, 15) is 0 Å². The van der Waals surface area contributed by atoms with Crippen LogP contribution in [0.15, 0.2) is 164 Å². The Labute approximate surface area is 376 Å². The molecule has 0 radical (unpaired) electrons. The summed E-state index contributed by atoms with van der Waals surface area (Å²) in [5.41, 5.74) is 17.7. The minimum Gasteiger partial charge on any atom is -0.458 e. The van der Waals surface area contributed by atoms with Gasteiger partial charge in [0.25, 0.3) is 6.71 Å². The number of hydrogen-bond acceptors (Lipinski definition) is 3. The monoisotopic (exact) mass is 830 g/mol. The number of ether oxygens (including phenoxy) is 2. The summed E-state index contributed by atoms with van der Waals surface area (Å²) in [6.45, 7) is 18.3. The third-order valence-electron chi connectivity index (χ3n) is 14.2. The summed E-state index contributed by atoms with van der Waals surface area (Å²) in [5.74, 6) is 3.41. The Balaban J connectivity index is 1.09. The van der Waals surface area contributed by atoms with Crippen LogP contribution in [0.5, 0.6) is 23.0 Å². The minimum atomic E-state index is -0.300. The van der Waals surface area contributed by atoms with Crippen molar-refractivity contribution in [2.75, 3.05) is 4.90 Å². The molecule has 1 aromatic heterocycles. The lowest BCUT2D eigenvalue weighted by Gasteiger charge is -2.36. The first-order chi connectivity index (χ1) is 30.8. The number of para-hydroxylation sites is 2. The molecule has 4 nitrogen and oxygen atoms in total. The van der Waals surface area contributed by atoms with Gasteiger partial charge in [-0.25, -0.2) is 0 Å². The van der Waals surface area contributed by atoms with Crippen LogP contribution in [0.3, 0.4) is 0 Å². The molecule has 0 saturated heterocycles. The van der Waals surface area contributed by atoms with Gasteiger partial charge in [0.1, 0.15) is 23.0 Å². The molecule has 9 aromatic rings. The smallest absolute Gasteiger partial charge is 0.261 e. The van der Waals surface area contributed by atoms with Crippen molar-refractivity contribution in [1.82, 2.24) is 4.57 Å². The standard InChI is InChI=1S/C59H51BN2O2/c1-57(2,3)36-24-28-38(29-25-36)61(39-30-26-37(27-31-39)58(4,5)6)40-32-33-45-51(34-40)63-49-22-15-23-50-55(49)60(45)56-52(64-50)35-48(54-53(56)43-18-9-12-19-44(43)59(54,7)8)62-46-20-13-10-16-41(46)42-17-11-14-21-47(42)62/h9-35H,1-8H3. The molecule has 0 amide bonds. The van der Waals surface area contributed by atoms with Crippen LogP contribution >= 0.6 is 0 Å². The van der Waals surface area contributed by atoms with Crippen LogP contribution in [0.4, 0.5) is 17.1 Å². The molecule has 0 bridgehead atoms. The van der Waals surface area contributed by atoms with Crippen molar-refractivity contribution >= 4 is 62.0 Å². The fraction of sp³-hybridized carbons (Fsp3) is 0.186. The van der Waals surface area contributed by atoms with Crippen LogP contribution in [0.25, 0.3) is 38.6 Å². The summed E-state index contributed by atoms with van der Waals surface area (Å²) in [7, 11) is 0. The van der Waals surface area contributed by atoms with Crippen molar-refractivity contribution in [1.29, 1.82) is 0 Å². The molecular formula is C59H51BN2O2. The molecule has 8 aromatic carbocycles. The van der Waals surface area contributed by atoms with Crippen LogP contribution in [0, 0.1) is 0 Å². The summed E-state index contributed by atoms with van der Waals surface area (Å²) in [6.07, 6.45) is 0. The Morgan fingerprint density at radius 1 is 0.500 bits per heavy atom. The summed E-state index contributed by atoms with van der Waals surface area (Å²) in [6, 6.07) is 60.2. The molecule has 0 N–H and O–H groups in total. The SMILES string of the molecule is CC(C)(C)c1ccc(N(c2ccc(C(C)(C)C)cc2)c2ccc3c(c2)Oc2cccc4c2B3c2c(cc(-n3c5ccccc5c5ccccc53)c3c2-c2ccccc2C3(C)C)O4)cc1. The topological polar surface area (TPSA) is 26.6 Å². The Bertz CT molecular complexity index is 3270. The highest BCUT2D eigenvalue weighted by molar-refractivity contribution is 6.99. The number of anilines is 3. The highest BCUT2D eigenvalue weighted by atomic mass is 16.5. The largest absolute Gasteiger partial charge is 0.458 e. The van der Waals surface area contributed by atoms with Crippen molar-refractivity contribution in [2.45, 2.75) is 71.6 Å². The first-order valence-corrected chi connectivity index (χ1v) is 22.7. The summed E-state index contributed by atoms with van der Waals surface area (Å²) < 4.78 is 16.7. The van der Waals surface area contributed by atoms with Gasteiger partial charge >= 0.3 is 0 Å². The van der Waals surface area contributed by atoms with Crippen molar-refractivity contribution in [3.05, 3.63) is 186 Å². The van der Waals surface area contributed by atoms with Crippen molar-refractivity contribution in [2.24, 2.45) is 0 Å². The van der Waals surface area contributed by atoms with Gasteiger partial charge in [-0.05, 0) is 110 Å². The molecule has 0 spiro atoms. The average Bonchev–Trinajstić information content (AvgIpc) is 3.74. The van der Waals surface area contributed by atoms with Gasteiger partial charge in [0, 0.05) is 50.8 Å². The maximum atomic E-state index is 7.15. The molecule has 312 valence electrons. The first-order valence-electron chi connectivity index (χ1n) is 22.7. The lowest BCUT2D eigenvalue weighted by Crippen LogP contribution is -2.58. The van der Waals surface area contributed by atoms with Gasteiger partial charge in [-0.1, -0.05) is 152 Å². The highest BCUT2D eigenvalue weighted by Gasteiger charge is 2.48. The number of fused-ring (bicyclic) bond motifs is 11. The summed E-state index contributed by atoms with van der Waals surface area (Å²) >= 11 is 0. The lowest BCUT2D eigenvalue weighted by atomic mass is 9.34. The van der Waals surface area contributed by atoms with E-state index in [0.717, 1.165) is 56.7 Å². The van der Waals surface area contributed by atoms with Gasteiger partial charge in [-0.3, -0.25) is 0 Å². The van der Waals surface area contributed by atoms with Crippen molar-refractivity contribution in [3.63, 3.8) is 0 Å². The van der Waals surface area contributed by atoms with Gasteiger partial charge < -0.3 is 18.9 Å². The first kappa shape index (κ1) is 38.7. The molecule has 12 rings (SSSR count). The molecule has 64 heavy (non-hydrogen) atoms. The third-order valence-corrected chi connectivity index (χ3v) is 14.2. The van der Waals surface area contributed by atoms with E-state index in [1.807, 2.05) is 0 Å². The summed E-state index contributed by atoms with van der Waals surface area (Å²) in [5, 5.41) is 2.49. The van der Waals surface area contributed by atoms with Gasteiger partial charge in [-0.2, -0.15) is 0 Å². The van der Waals surface area contributed by atoms with Crippen LogP contribution in [-0.4, -0.2) is 11.3 Å². The fourth-order valence-corrected chi connectivity index (χ4v) is 11.0. The second-order valence-electron chi connectivity index (χ2n) is 20.6. The van der Waals surface area contributed by atoms with Gasteiger partial charge in [0.15, 0.2) is 0 Å². The second kappa shape index (κ2) is 13.5. The van der Waals surface area contributed by atoms with E-state index in [2.05, 4.69) is 229 Å². The van der Waals surface area contributed by atoms with Gasteiger partial charge in [0.2, 0.25) is 0 Å². The number of hydrogen-bond donors (Lipinski definition) is 0. The molecule has 3 aliphatic rings. The van der Waals surface area contributed by atoms with E-state index in [-0.39, 0.29) is 23.0 Å².